The Labute approximate surface area is 432 Å². The number of fused-ring (bicyclic) bond motifs is 4. The standard InChI is InChI=1S/C71H50N2O/c1-49-20-14-16-30-60(49)71-61-31-17-15-25-52(61)38-45-68(71)73(56-28-12-5-13-29-56)58-41-36-54(37-42-58)67-48-64(50-21-6-2-7-22-50)66(47-65(67)51-23-8-3-9-24-51)53-34-39-57(40-35-53)72(55-26-10-4-11-27-55)59-43-44-63-62-32-18-19-33-69(62)74-70(63)46-59/h2-48H,1H3. The molecule has 0 aliphatic heterocycles. The number of hydrogen-bond acceptors (Lipinski definition) is 3. The Morgan fingerprint density at radius 3 is 1.30 bits per heavy atom. The van der Waals surface area contributed by atoms with Crippen LogP contribution >= 0.6 is 0 Å². The highest BCUT2D eigenvalue weighted by molar-refractivity contribution is 6.07. The molecule has 0 saturated carbocycles. The molecule has 0 amide bonds. The van der Waals surface area contributed by atoms with Gasteiger partial charge >= 0.3 is 0 Å². The molecule has 0 atom stereocenters. The molecule has 3 heteroatoms. The SMILES string of the molecule is Cc1ccccc1-c1c(N(c2ccccc2)c2ccc(-c3cc(-c4ccccc4)c(-c4ccc(N(c5ccccc5)c5ccc6c(c5)oc5ccccc56)cc4)cc3-c3ccccc3)cc2)ccc2ccccc12. The maximum absolute atomic E-state index is 6.40. The lowest BCUT2D eigenvalue weighted by Gasteiger charge is -2.29. The number of para-hydroxylation sites is 3. The van der Waals surface area contributed by atoms with Gasteiger partial charge in [-0.25, -0.2) is 0 Å². The molecule has 74 heavy (non-hydrogen) atoms. The average Bonchev–Trinajstić information content (AvgIpc) is 3.85. The van der Waals surface area contributed by atoms with Crippen LogP contribution in [0.25, 0.3) is 88.3 Å². The zero-order valence-corrected chi connectivity index (χ0v) is 40.9. The van der Waals surface area contributed by atoms with Crippen LogP contribution in [0.15, 0.2) is 290 Å². The summed E-state index contributed by atoms with van der Waals surface area (Å²) < 4.78 is 6.40. The van der Waals surface area contributed by atoms with Crippen molar-refractivity contribution in [2.24, 2.45) is 0 Å². The van der Waals surface area contributed by atoms with Gasteiger partial charge in [0.2, 0.25) is 0 Å². The molecule has 0 N–H and O–H groups in total. The summed E-state index contributed by atoms with van der Waals surface area (Å²) in [5.41, 5.74) is 21.1. The molecule has 0 saturated heterocycles. The second kappa shape index (κ2) is 19.1. The summed E-state index contributed by atoms with van der Waals surface area (Å²) in [6.45, 7) is 2.21. The smallest absolute Gasteiger partial charge is 0.137 e. The van der Waals surface area contributed by atoms with Gasteiger partial charge in [-0.3, -0.25) is 0 Å². The van der Waals surface area contributed by atoms with Crippen LogP contribution in [0.4, 0.5) is 34.1 Å². The number of nitrogens with zero attached hydrogens (tertiary/aromatic N) is 2. The first-order chi connectivity index (χ1) is 36.6. The summed E-state index contributed by atoms with van der Waals surface area (Å²) >= 11 is 0. The van der Waals surface area contributed by atoms with Crippen LogP contribution in [-0.2, 0) is 0 Å². The molecular weight excluding hydrogens is 897 g/mol. The minimum absolute atomic E-state index is 0.864. The monoisotopic (exact) mass is 946 g/mol. The van der Waals surface area contributed by atoms with Gasteiger partial charge in [0.1, 0.15) is 11.2 Å². The number of hydrogen-bond donors (Lipinski definition) is 0. The summed E-state index contributed by atoms with van der Waals surface area (Å²) in [5.74, 6) is 0. The van der Waals surface area contributed by atoms with Gasteiger partial charge in [-0.15, -0.1) is 0 Å². The predicted octanol–water partition coefficient (Wildman–Crippen LogP) is 20.3. The maximum Gasteiger partial charge on any atom is 0.137 e. The lowest BCUT2D eigenvalue weighted by atomic mass is 9.85. The first kappa shape index (κ1) is 44.3. The molecule has 12 aromatic carbocycles. The van der Waals surface area contributed by atoms with Crippen molar-refractivity contribution in [3.63, 3.8) is 0 Å². The Kier molecular flexibility index (Phi) is 11.4. The first-order valence-corrected chi connectivity index (χ1v) is 25.3. The molecule has 0 fully saturated rings. The fourth-order valence-corrected chi connectivity index (χ4v) is 10.8. The van der Waals surface area contributed by atoms with Crippen molar-refractivity contribution in [1.82, 2.24) is 0 Å². The Balaban J connectivity index is 0.941. The van der Waals surface area contributed by atoms with E-state index in [0.29, 0.717) is 0 Å². The normalized spacial score (nSPS) is 11.3. The van der Waals surface area contributed by atoms with Crippen LogP contribution in [0.3, 0.4) is 0 Å². The summed E-state index contributed by atoms with van der Waals surface area (Å²) in [6, 6.07) is 103. The third-order valence-corrected chi connectivity index (χ3v) is 14.4. The summed E-state index contributed by atoms with van der Waals surface area (Å²) in [7, 11) is 0. The maximum atomic E-state index is 6.40. The van der Waals surface area contributed by atoms with Crippen molar-refractivity contribution < 1.29 is 4.42 Å². The molecule has 0 unspecified atom stereocenters. The quantitative estimate of drug-likeness (QED) is 0.129. The van der Waals surface area contributed by atoms with Crippen molar-refractivity contribution in [1.29, 1.82) is 0 Å². The van der Waals surface area contributed by atoms with Gasteiger partial charge in [-0.1, -0.05) is 194 Å². The van der Waals surface area contributed by atoms with E-state index in [1.54, 1.807) is 0 Å². The molecule has 0 aliphatic rings. The van der Waals surface area contributed by atoms with Crippen molar-refractivity contribution in [2.75, 3.05) is 9.80 Å². The van der Waals surface area contributed by atoms with Gasteiger partial charge < -0.3 is 14.2 Å². The van der Waals surface area contributed by atoms with E-state index in [2.05, 4.69) is 290 Å². The zero-order valence-electron chi connectivity index (χ0n) is 40.9. The van der Waals surface area contributed by atoms with Crippen LogP contribution < -0.4 is 9.80 Å². The van der Waals surface area contributed by atoms with Crippen molar-refractivity contribution >= 4 is 66.8 Å². The molecule has 0 spiro atoms. The highest BCUT2D eigenvalue weighted by Crippen LogP contribution is 2.48. The lowest BCUT2D eigenvalue weighted by Crippen LogP contribution is -2.11. The Morgan fingerprint density at radius 2 is 0.703 bits per heavy atom. The van der Waals surface area contributed by atoms with E-state index < -0.39 is 0 Å². The molecule has 0 aliphatic carbocycles. The highest BCUT2D eigenvalue weighted by atomic mass is 16.3. The first-order valence-electron chi connectivity index (χ1n) is 25.3. The Bertz CT molecular complexity index is 4110. The van der Waals surface area contributed by atoms with Crippen LogP contribution in [0.5, 0.6) is 0 Å². The second-order valence-electron chi connectivity index (χ2n) is 18.9. The van der Waals surface area contributed by atoms with Gasteiger partial charge in [-0.05, 0) is 158 Å². The molecule has 13 aromatic rings. The third-order valence-electron chi connectivity index (χ3n) is 14.4. The zero-order chi connectivity index (χ0) is 49.4. The second-order valence-corrected chi connectivity index (χ2v) is 18.9. The Hall–Kier alpha value is -9.70. The van der Waals surface area contributed by atoms with Crippen LogP contribution in [0, 0.1) is 6.92 Å². The lowest BCUT2D eigenvalue weighted by molar-refractivity contribution is 0.669. The summed E-state index contributed by atoms with van der Waals surface area (Å²) in [6.07, 6.45) is 0. The number of benzene rings is 12. The van der Waals surface area contributed by atoms with Crippen LogP contribution in [0.2, 0.25) is 0 Å². The van der Waals surface area contributed by atoms with Crippen molar-refractivity contribution in [3.05, 3.63) is 291 Å². The summed E-state index contributed by atoms with van der Waals surface area (Å²) in [5, 5.41) is 4.67. The van der Waals surface area contributed by atoms with E-state index in [0.717, 1.165) is 95.0 Å². The van der Waals surface area contributed by atoms with Gasteiger partial charge in [0, 0.05) is 50.8 Å². The van der Waals surface area contributed by atoms with Crippen LogP contribution in [-0.4, -0.2) is 0 Å². The highest BCUT2D eigenvalue weighted by Gasteiger charge is 2.23. The van der Waals surface area contributed by atoms with Gasteiger partial charge in [-0.2, -0.15) is 0 Å². The van der Waals surface area contributed by atoms with Gasteiger partial charge in [0.25, 0.3) is 0 Å². The Morgan fingerprint density at radius 1 is 0.270 bits per heavy atom. The molecule has 350 valence electrons. The van der Waals surface area contributed by atoms with Crippen molar-refractivity contribution in [3.8, 4) is 55.6 Å². The van der Waals surface area contributed by atoms with E-state index in [4.69, 9.17) is 4.42 Å². The molecule has 13 rings (SSSR count). The minimum Gasteiger partial charge on any atom is -0.456 e. The van der Waals surface area contributed by atoms with E-state index >= 15 is 0 Å². The van der Waals surface area contributed by atoms with E-state index in [9.17, 15) is 0 Å². The van der Waals surface area contributed by atoms with Gasteiger partial charge in [0.05, 0.1) is 5.69 Å². The fourth-order valence-electron chi connectivity index (χ4n) is 10.8. The van der Waals surface area contributed by atoms with E-state index in [1.807, 2.05) is 12.1 Å². The van der Waals surface area contributed by atoms with Crippen LogP contribution in [0.1, 0.15) is 5.56 Å². The molecule has 3 nitrogen and oxygen atoms in total. The predicted molar refractivity (Wildman–Crippen MR) is 313 cm³/mol. The largest absolute Gasteiger partial charge is 0.456 e. The number of furan rings is 1. The third kappa shape index (κ3) is 8.17. The fraction of sp³-hybridized carbons (Fsp3) is 0.0141. The number of aryl methyl sites for hydroxylation is 1. The molecular formula is C71H50N2O. The van der Waals surface area contributed by atoms with Gasteiger partial charge in [0.15, 0.2) is 0 Å². The van der Waals surface area contributed by atoms with E-state index in [1.165, 1.54) is 33.0 Å². The molecule has 1 aromatic heterocycles. The molecule has 0 bridgehead atoms. The van der Waals surface area contributed by atoms with E-state index in [-0.39, 0.29) is 0 Å². The van der Waals surface area contributed by atoms with Crippen molar-refractivity contribution in [2.45, 2.75) is 6.92 Å². The topological polar surface area (TPSA) is 19.6 Å². The molecule has 1 heterocycles. The number of anilines is 6. The molecule has 0 radical (unpaired) electrons. The minimum atomic E-state index is 0.864. The average molecular weight is 947 g/mol. The summed E-state index contributed by atoms with van der Waals surface area (Å²) in [4.78, 5) is 4.72. The number of rotatable bonds is 11.